The van der Waals surface area contributed by atoms with Crippen LogP contribution >= 0.6 is 0 Å². The van der Waals surface area contributed by atoms with E-state index in [2.05, 4.69) is 46.7 Å². The lowest BCUT2D eigenvalue weighted by Gasteiger charge is -2.43. The molecule has 1 aromatic carbocycles. The zero-order valence-electron chi connectivity index (χ0n) is 18.6. The predicted molar refractivity (Wildman–Crippen MR) is 123 cm³/mol. The number of anilines is 1. The molecule has 4 heterocycles. The van der Waals surface area contributed by atoms with Crippen molar-refractivity contribution >= 4 is 22.3 Å². The van der Waals surface area contributed by atoms with E-state index in [1.165, 1.54) is 0 Å². The minimum Gasteiger partial charge on any atom is -0.422 e. The second-order valence-electron chi connectivity index (χ2n) is 8.76. The van der Waals surface area contributed by atoms with Gasteiger partial charge in [0.05, 0.1) is 22.6 Å². The Morgan fingerprint density at radius 3 is 2.52 bits per heavy atom. The number of hydrogen-bond acceptors (Lipinski definition) is 6. The molecule has 160 valence electrons. The third kappa shape index (κ3) is 3.39. The molecule has 1 aliphatic rings. The fourth-order valence-corrected chi connectivity index (χ4v) is 4.52. The molecule has 0 N–H and O–H groups in total. The van der Waals surface area contributed by atoms with Gasteiger partial charge in [-0.25, -0.2) is 9.78 Å². The number of rotatable bonds is 2. The molecule has 7 nitrogen and oxygen atoms in total. The van der Waals surface area contributed by atoms with E-state index in [9.17, 15) is 4.79 Å². The van der Waals surface area contributed by atoms with E-state index >= 15 is 0 Å². The highest BCUT2D eigenvalue weighted by Gasteiger charge is 2.27. The largest absolute Gasteiger partial charge is 0.422 e. The van der Waals surface area contributed by atoms with Crippen molar-refractivity contribution in [2.45, 2.75) is 39.8 Å². The molecule has 1 saturated heterocycles. The number of aryl methyl sites for hydroxylation is 2. The first-order valence-electron chi connectivity index (χ1n) is 10.7. The minimum atomic E-state index is -0.379. The van der Waals surface area contributed by atoms with Crippen molar-refractivity contribution in [2.24, 2.45) is 0 Å². The van der Waals surface area contributed by atoms with Gasteiger partial charge >= 0.3 is 5.63 Å². The number of aromatic nitrogens is 3. The maximum atomic E-state index is 12.8. The highest BCUT2D eigenvalue weighted by atomic mass is 16.4. The van der Waals surface area contributed by atoms with Crippen LogP contribution in [0.5, 0.6) is 0 Å². The molecule has 31 heavy (non-hydrogen) atoms. The lowest BCUT2D eigenvalue weighted by atomic mass is 10.1. The number of fused-ring (bicyclic) bond motifs is 2. The molecule has 3 aromatic heterocycles. The fraction of sp³-hybridized carbons (Fsp3) is 0.375. The summed E-state index contributed by atoms with van der Waals surface area (Å²) in [5.74, 6) is 0. The Morgan fingerprint density at radius 2 is 1.77 bits per heavy atom. The molecule has 1 aliphatic heterocycles. The first-order chi connectivity index (χ1) is 14.8. The molecule has 2 atom stereocenters. The molecule has 7 heteroatoms. The van der Waals surface area contributed by atoms with E-state index in [1.54, 1.807) is 0 Å². The number of likely N-dealkylation sites (N-methyl/N-ethyl adjacent to an activating group) is 1. The molecule has 0 spiro atoms. The van der Waals surface area contributed by atoms with Crippen LogP contribution in [0.1, 0.15) is 25.2 Å². The summed E-state index contributed by atoms with van der Waals surface area (Å²) in [6, 6.07) is 8.91. The van der Waals surface area contributed by atoms with Gasteiger partial charge < -0.3 is 13.7 Å². The summed E-state index contributed by atoms with van der Waals surface area (Å²) in [7, 11) is 2.17. The monoisotopic (exact) mass is 417 g/mol. The number of imidazole rings is 1. The summed E-state index contributed by atoms with van der Waals surface area (Å²) < 4.78 is 7.66. The van der Waals surface area contributed by atoms with Crippen molar-refractivity contribution < 1.29 is 4.42 Å². The third-order valence-electron chi connectivity index (χ3n) is 6.45. The van der Waals surface area contributed by atoms with Crippen LogP contribution in [-0.2, 0) is 0 Å². The maximum absolute atomic E-state index is 12.8. The zero-order chi connectivity index (χ0) is 21.9. The van der Waals surface area contributed by atoms with Gasteiger partial charge in [-0.2, -0.15) is 0 Å². The summed E-state index contributed by atoms with van der Waals surface area (Å²) in [4.78, 5) is 26.7. The average Bonchev–Trinajstić information content (AvgIpc) is 3.14. The van der Waals surface area contributed by atoms with Gasteiger partial charge in [-0.3, -0.25) is 9.88 Å². The molecule has 0 aliphatic carbocycles. The van der Waals surface area contributed by atoms with Crippen LogP contribution in [0.25, 0.3) is 27.9 Å². The second kappa shape index (κ2) is 7.20. The number of hydrogen-bond donors (Lipinski definition) is 0. The Labute approximate surface area is 180 Å². The van der Waals surface area contributed by atoms with Crippen molar-refractivity contribution in [3.63, 3.8) is 0 Å². The molecule has 4 aromatic rings. The summed E-state index contributed by atoms with van der Waals surface area (Å²) in [6.45, 7) is 10.2. The standard InChI is InChI=1S/C24H27N5O2/c1-14-10-29-13-21(26-23(29)17(4)25-14)20-8-18-6-7-19(9-22(18)31-24(20)30)28-11-15(2)27(5)16(3)12-28/h6-10,13,15-16H,11-12H2,1-5H3. The van der Waals surface area contributed by atoms with Crippen LogP contribution in [-0.4, -0.2) is 51.5 Å². The summed E-state index contributed by atoms with van der Waals surface area (Å²) in [5.41, 5.74) is 4.84. The van der Waals surface area contributed by atoms with E-state index in [-0.39, 0.29) is 5.63 Å². The molecule has 0 saturated carbocycles. The van der Waals surface area contributed by atoms with Crippen LogP contribution < -0.4 is 10.5 Å². The van der Waals surface area contributed by atoms with Gasteiger partial charge in [0.15, 0.2) is 5.65 Å². The number of nitrogens with zero attached hydrogens (tertiary/aromatic N) is 5. The fourth-order valence-electron chi connectivity index (χ4n) is 4.52. The first-order valence-corrected chi connectivity index (χ1v) is 10.7. The normalized spacial score (nSPS) is 20.1. The average molecular weight is 418 g/mol. The molecular weight excluding hydrogens is 390 g/mol. The summed E-state index contributed by atoms with van der Waals surface area (Å²) in [5, 5.41) is 0.886. The topological polar surface area (TPSA) is 66.9 Å². The predicted octanol–water partition coefficient (Wildman–Crippen LogP) is 3.65. The van der Waals surface area contributed by atoms with Crippen LogP contribution in [0.4, 0.5) is 5.69 Å². The molecule has 0 radical (unpaired) electrons. The lowest BCUT2D eigenvalue weighted by molar-refractivity contribution is 0.170. The highest BCUT2D eigenvalue weighted by Crippen LogP contribution is 2.27. The first kappa shape index (κ1) is 19.8. The van der Waals surface area contributed by atoms with Gasteiger partial charge in [-0.1, -0.05) is 0 Å². The smallest absolute Gasteiger partial charge is 0.345 e. The van der Waals surface area contributed by atoms with Crippen molar-refractivity contribution in [3.05, 3.63) is 58.5 Å². The highest BCUT2D eigenvalue weighted by molar-refractivity contribution is 5.84. The van der Waals surface area contributed by atoms with Crippen molar-refractivity contribution in [2.75, 3.05) is 25.0 Å². The molecule has 0 amide bonds. The van der Waals surface area contributed by atoms with Crippen molar-refractivity contribution in [3.8, 4) is 11.3 Å². The number of benzene rings is 1. The Morgan fingerprint density at radius 1 is 1.03 bits per heavy atom. The van der Waals surface area contributed by atoms with Crippen LogP contribution in [0, 0.1) is 13.8 Å². The van der Waals surface area contributed by atoms with Gasteiger partial charge in [-0.05, 0) is 52.9 Å². The molecule has 2 unspecified atom stereocenters. The van der Waals surface area contributed by atoms with E-state index in [0.29, 0.717) is 28.9 Å². The third-order valence-corrected chi connectivity index (χ3v) is 6.45. The zero-order valence-corrected chi connectivity index (χ0v) is 18.6. The maximum Gasteiger partial charge on any atom is 0.345 e. The van der Waals surface area contributed by atoms with E-state index in [4.69, 9.17) is 4.42 Å². The van der Waals surface area contributed by atoms with E-state index in [0.717, 1.165) is 41.2 Å². The van der Waals surface area contributed by atoms with Crippen LogP contribution in [0.15, 0.2) is 45.9 Å². The molecular formula is C24H27N5O2. The quantitative estimate of drug-likeness (QED) is 0.464. The Kier molecular flexibility index (Phi) is 4.59. The van der Waals surface area contributed by atoms with E-state index < -0.39 is 0 Å². The lowest BCUT2D eigenvalue weighted by Crippen LogP contribution is -2.55. The second-order valence-corrected chi connectivity index (χ2v) is 8.76. The van der Waals surface area contributed by atoms with Gasteiger partial charge in [0.1, 0.15) is 5.58 Å². The van der Waals surface area contributed by atoms with Gasteiger partial charge in [-0.15, -0.1) is 0 Å². The van der Waals surface area contributed by atoms with Crippen LogP contribution in [0.2, 0.25) is 0 Å². The Bertz CT molecular complexity index is 1340. The summed E-state index contributed by atoms with van der Waals surface area (Å²) >= 11 is 0. The van der Waals surface area contributed by atoms with Gasteiger partial charge in [0.25, 0.3) is 0 Å². The van der Waals surface area contributed by atoms with Gasteiger partial charge in [0.2, 0.25) is 0 Å². The minimum absolute atomic E-state index is 0.379. The SMILES string of the molecule is Cc1cn2cc(-c3cc4ccc(N5CC(C)N(C)C(C)C5)cc4oc3=O)nc2c(C)n1. The Hall–Kier alpha value is -3.19. The van der Waals surface area contributed by atoms with Crippen molar-refractivity contribution in [1.82, 2.24) is 19.3 Å². The van der Waals surface area contributed by atoms with Gasteiger partial charge in [0, 0.05) is 54.7 Å². The molecule has 0 bridgehead atoms. The molecule has 5 rings (SSSR count). The van der Waals surface area contributed by atoms with Crippen molar-refractivity contribution in [1.29, 1.82) is 0 Å². The van der Waals surface area contributed by atoms with Crippen LogP contribution in [0.3, 0.4) is 0 Å². The number of piperazine rings is 1. The van der Waals surface area contributed by atoms with E-state index in [1.807, 2.05) is 48.8 Å². The summed E-state index contributed by atoms with van der Waals surface area (Å²) in [6.07, 6.45) is 3.77. The molecule has 1 fully saturated rings. The Balaban J connectivity index is 1.54.